The summed E-state index contributed by atoms with van der Waals surface area (Å²) in [4.78, 5) is 25.8. The van der Waals surface area contributed by atoms with Crippen molar-refractivity contribution in [3.63, 3.8) is 0 Å². The number of nitrogens with zero attached hydrogens (tertiary/aromatic N) is 2. The first-order valence-electron chi connectivity index (χ1n) is 9.41. The van der Waals surface area contributed by atoms with Crippen LogP contribution >= 0.6 is 0 Å². The van der Waals surface area contributed by atoms with Gasteiger partial charge in [0.05, 0.1) is 11.9 Å². The van der Waals surface area contributed by atoms with Crippen molar-refractivity contribution in [1.82, 2.24) is 4.90 Å². The van der Waals surface area contributed by atoms with Crippen LogP contribution in [0.25, 0.3) is 0 Å². The average molecular weight is 394 g/mol. The molecule has 1 aromatic carbocycles. The molecule has 1 amide bonds. The van der Waals surface area contributed by atoms with Crippen molar-refractivity contribution in [2.24, 2.45) is 0 Å². The highest BCUT2D eigenvalue weighted by atomic mass is 32.2. The second kappa shape index (κ2) is 7.88. The zero-order valence-corrected chi connectivity index (χ0v) is 16.4. The maximum absolute atomic E-state index is 13.1. The molecule has 2 aliphatic rings. The monoisotopic (exact) mass is 394 g/mol. The van der Waals surface area contributed by atoms with Crippen LogP contribution in [0.4, 0.5) is 5.69 Å². The Morgan fingerprint density at radius 2 is 1.96 bits per heavy atom. The van der Waals surface area contributed by atoms with Crippen LogP contribution in [-0.2, 0) is 21.2 Å². The number of hydrogen-bond acceptors (Lipinski definition) is 4. The molecule has 0 spiro atoms. The summed E-state index contributed by atoms with van der Waals surface area (Å²) < 4.78 is 25.4. The molecule has 0 radical (unpaired) electrons. The van der Waals surface area contributed by atoms with E-state index < -0.39 is 16.0 Å². The Kier molecular flexibility index (Phi) is 5.74. The number of fused-ring (bicyclic) bond motifs is 1. The fraction of sp³-hybridized carbons (Fsp3) is 0.579. The number of carbonyl (C=O) groups excluding carboxylic acids is 1. The fourth-order valence-corrected chi connectivity index (χ4v) is 5.06. The Bertz CT molecular complexity index is 837. The molecule has 1 atom stereocenters. The molecule has 148 valence electrons. The van der Waals surface area contributed by atoms with Gasteiger partial charge >= 0.3 is 5.97 Å². The standard InChI is InChI=1S/C19H26N2O5S/c1-27(25,26)21-12-4-5-14-13-15(7-9-17(14)21)19(24)20-11-3-2-6-16(20)8-10-18(22)23/h7,9,13,16H,2-6,8,10-12H2,1H3,(H,22,23). The number of carboxylic acids is 1. The molecule has 2 aliphatic heterocycles. The van der Waals surface area contributed by atoms with Crippen LogP contribution in [0, 0.1) is 0 Å². The Balaban J connectivity index is 1.83. The first kappa shape index (κ1) is 19.7. The highest BCUT2D eigenvalue weighted by Gasteiger charge is 2.29. The maximum atomic E-state index is 13.1. The van der Waals surface area contributed by atoms with Crippen LogP contribution in [0.5, 0.6) is 0 Å². The number of carboxylic acid groups (broad SMARTS) is 1. The third kappa shape index (κ3) is 4.43. The van der Waals surface area contributed by atoms with Crippen LogP contribution < -0.4 is 4.31 Å². The van der Waals surface area contributed by atoms with Gasteiger partial charge in [-0.15, -0.1) is 0 Å². The highest BCUT2D eigenvalue weighted by Crippen LogP contribution is 2.31. The van der Waals surface area contributed by atoms with Crippen molar-refractivity contribution in [2.45, 2.75) is 51.0 Å². The number of sulfonamides is 1. The number of rotatable bonds is 5. The zero-order valence-electron chi connectivity index (χ0n) is 15.6. The lowest BCUT2D eigenvalue weighted by atomic mass is 9.95. The van der Waals surface area contributed by atoms with Crippen LogP contribution in [0.2, 0.25) is 0 Å². The minimum absolute atomic E-state index is 0.0501. The quantitative estimate of drug-likeness (QED) is 0.827. The van der Waals surface area contributed by atoms with Gasteiger partial charge in [-0.3, -0.25) is 13.9 Å². The number of amides is 1. The fourth-order valence-electron chi connectivity index (χ4n) is 4.06. The number of benzene rings is 1. The van der Waals surface area contributed by atoms with Gasteiger partial charge in [0, 0.05) is 31.1 Å². The Morgan fingerprint density at radius 3 is 2.67 bits per heavy atom. The molecule has 1 aromatic rings. The van der Waals surface area contributed by atoms with Crippen LogP contribution in [0.3, 0.4) is 0 Å². The van der Waals surface area contributed by atoms with E-state index in [4.69, 9.17) is 5.11 Å². The second-order valence-electron chi connectivity index (χ2n) is 7.36. The van der Waals surface area contributed by atoms with E-state index in [0.717, 1.165) is 37.7 Å². The first-order chi connectivity index (χ1) is 12.8. The van der Waals surface area contributed by atoms with Crippen molar-refractivity contribution in [2.75, 3.05) is 23.7 Å². The summed E-state index contributed by atoms with van der Waals surface area (Å²) in [5.74, 6) is -0.938. The molecular weight excluding hydrogens is 368 g/mol. The van der Waals surface area contributed by atoms with E-state index in [1.807, 2.05) is 0 Å². The third-order valence-corrected chi connectivity index (χ3v) is 6.56. The Hall–Kier alpha value is -2.09. The minimum Gasteiger partial charge on any atom is -0.481 e. The SMILES string of the molecule is CS(=O)(=O)N1CCCc2cc(C(=O)N3CCCCC3CCC(=O)O)ccc21. The summed E-state index contributed by atoms with van der Waals surface area (Å²) in [5.41, 5.74) is 2.07. The molecule has 1 saturated heterocycles. The molecule has 0 aromatic heterocycles. The van der Waals surface area contributed by atoms with Gasteiger partial charge in [0.2, 0.25) is 10.0 Å². The lowest BCUT2D eigenvalue weighted by molar-refractivity contribution is -0.137. The number of carbonyl (C=O) groups is 2. The molecule has 0 aliphatic carbocycles. The maximum Gasteiger partial charge on any atom is 0.303 e. The topological polar surface area (TPSA) is 95.0 Å². The van der Waals surface area contributed by atoms with E-state index in [0.29, 0.717) is 30.8 Å². The molecule has 2 heterocycles. The zero-order chi connectivity index (χ0) is 19.6. The van der Waals surface area contributed by atoms with Gasteiger partial charge in [0.15, 0.2) is 0 Å². The van der Waals surface area contributed by atoms with E-state index in [2.05, 4.69) is 0 Å². The largest absolute Gasteiger partial charge is 0.481 e. The van der Waals surface area contributed by atoms with Crippen molar-refractivity contribution in [3.8, 4) is 0 Å². The summed E-state index contributed by atoms with van der Waals surface area (Å²) in [6, 6.07) is 5.16. The number of likely N-dealkylation sites (tertiary alicyclic amines) is 1. The molecule has 1 unspecified atom stereocenters. The van der Waals surface area contributed by atoms with Gasteiger partial charge in [-0.1, -0.05) is 0 Å². The number of anilines is 1. The summed E-state index contributed by atoms with van der Waals surface area (Å²) >= 11 is 0. The molecule has 0 saturated carbocycles. The third-order valence-electron chi connectivity index (χ3n) is 5.38. The van der Waals surface area contributed by atoms with Gasteiger partial charge in [0.1, 0.15) is 0 Å². The summed E-state index contributed by atoms with van der Waals surface area (Å²) in [7, 11) is -3.33. The Labute approximate surface area is 160 Å². The average Bonchev–Trinajstić information content (AvgIpc) is 2.64. The van der Waals surface area contributed by atoms with Crippen molar-refractivity contribution < 1.29 is 23.1 Å². The smallest absolute Gasteiger partial charge is 0.303 e. The molecule has 27 heavy (non-hydrogen) atoms. The van der Waals surface area contributed by atoms with Crippen LogP contribution in [0.15, 0.2) is 18.2 Å². The minimum atomic E-state index is -3.33. The number of hydrogen-bond donors (Lipinski definition) is 1. The van der Waals surface area contributed by atoms with E-state index >= 15 is 0 Å². The molecule has 7 nitrogen and oxygen atoms in total. The highest BCUT2D eigenvalue weighted by molar-refractivity contribution is 7.92. The van der Waals surface area contributed by atoms with E-state index in [1.165, 1.54) is 10.6 Å². The predicted octanol–water partition coefficient (Wildman–Crippen LogP) is 2.26. The van der Waals surface area contributed by atoms with Gasteiger partial charge in [0.25, 0.3) is 5.91 Å². The van der Waals surface area contributed by atoms with Crippen LogP contribution in [-0.4, -0.2) is 55.7 Å². The molecular formula is C19H26N2O5S. The van der Waals surface area contributed by atoms with Gasteiger partial charge in [-0.05, 0) is 62.3 Å². The second-order valence-corrected chi connectivity index (χ2v) is 9.27. The summed E-state index contributed by atoms with van der Waals surface area (Å²) in [6.45, 7) is 1.10. The van der Waals surface area contributed by atoms with Crippen LogP contribution in [0.1, 0.15) is 54.4 Å². The van der Waals surface area contributed by atoms with Gasteiger partial charge in [-0.2, -0.15) is 0 Å². The van der Waals surface area contributed by atoms with Crippen molar-refractivity contribution >= 4 is 27.6 Å². The van der Waals surface area contributed by atoms with E-state index in [-0.39, 0.29) is 18.4 Å². The number of aryl methyl sites for hydroxylation is 1. The predicted molar refractivity (Wildman–Crippen MR) is 102 cm³/mol. The molecule has 3 rings (SSSR count). The summed E-state index contributed by atoms with van der Waals surface area (Å²) in [6.07, 6.45) is 5.93. The van der Waals surface area contributed by atoms with Crippen molar-refractivity contribution in [1.29, 1.82) is 0 Å². The summed E-state index contributed by atoms with van der Waals surface area (Å²) in [5, 5.41) is 8.95. The van der Waals surface area contributed by atoms with Gasteiger partial charge in [-0.25, -0.2) is 8.42 Å². The molecule has 8 heteroatoms. The lowest BCUT2D eigenvalue weighted by Crippen LogP contribution is -2.44. The van der Waals surface area contributed by atoms with Gasteiger partial charge < -0.3 is 10.0 Å². The van der Waals surface area contributed by atoms with E-state index in [1.54, 1.807) is 23.1 Å². The first-order valence-corrected chi connectivity index (χ1v) is 11.3. The molecule has 0 bridgehead atoms. The number of aliphatic carboxylic acids is 1. The lowest BCUT2D eigenvalue weighted by Gasteiger charge is -2.36. The number of piperidine rings is 1. The van der Waals surface area contributed by atoms with Crippen molar-refractivity contribution in [3.05, 3.63) is 29.3 Å². The molecule has 1 fully saturated rings. The van der Waals surface area contributed by atoms with E-state index in [9.17, 15) is 18.0 Å². The Morgan fingerprint density at radius 1 is 1.19 bits per heavy atom. The molecule has 1 N–H and O–H groups in total. The normalized spacial score (nSPS) is 20.3.